The van der Waals surface area contributed by atoms with Gasteiger partial charge >= 0.3 is 0 Å². The van der Waals surface area contributed by atoms with Gasteiger partial charge in [-0.25, -0.2) is 0 Å². The number of aliphatic hydroxyl groups excluding tert-OH is 1. The molecule has 1 atom stereocenters. The van der Waals surface area contributed by atoms with Crippen molar-refractivity contribution in [2.45, 2.75) is 32.7 Å². The van der Waals surface area contributed by atoms with E-state index < -0.39 is 0 Å². The van der Waals surface area contributed by atoms with E-state index in [1.807, 2.05) is 0 Å². The monoisotopic (exact) mass is 290 g/mol. The van der Waals surface area contributed by atoms with Gasteiger partial charge in [-0.3, -0.25) is 4.90 Å². The zero-order chi connectivity index (χ0) is 15.3. The van der Waals surface area contributed by atoms with Crippen LogP contribution < -0.4 is 0 Å². The summed E-state index contributed by atoms with van der Waals surface area (Å²) in [5.41, 5.74) is 1.44. The molecule has 1 fully saturated rings. The minimum atomic E-state index is 0.0446. The SMILES string of the molecule is CCC(CC)(CO)CN1CCN(C)CC1c1ccccc1. The second-order valence-electron chi connectivity index (χ2n) is 6.52. The Labute approximate surface area is 129 Å². The highest BCUT2D eigenvalue weighted by Gasteiger charge is 2.34. The third kappa shape index (κ3) is 3.85. The van der Waals surface area contributed by atoms with E-state index in [4.69, 9.17) is 0 Å². The number of hydrogen-bond donors (Lipinski definition) is 1. The lowest BCUT2D eigenvalue weighted by molar-refractivity contribution is 0.0142. The number of hydrogen-bond acceptors (Lipinski definition) is 3. The van der Waals surface area contributed by atoms with Gasteiger partial charge in [0.05, 0.1) is 0 Å². The largest absolute Gasteiger partial charge is 0.396 e. The highest BCUT2D eigenvalue weighted by Crippen LogP contribution is 2.32. The smallest absolute Gasteiger partial charge is 0.0499 e. The average molecular weight is 290 g/mol. The number of rotatable bonds is 6. The molecule has 0 amide bonds. The van der Waals surface area contributed by atoms with Crippen molar-refractivity contribution in [2.24, 2.45) is 5.41 Å². The van der Waals surface area contributed by atoms with Crippen LogP contribution in [0.15, 0.2) is 30.3 Å². The van der Waals surface area contributed by atoms with Crippen LogP contribution in [0.25, 0.3) is 0 Å². The molecule has 1 aliphatic rings. The average Bonchev–Trinajstić information content (AvgIpc) is 2.55. The second-order valence-corrected chi connectivity index (χ2v) is 6.52. The van der Waals surface area contributed by atoms with Crippen molar-refractivity contribution in [1.29, 1.82) is 0 Å². The number of piperazine rings is 1. The maximum Gasteiger partial charge on any atom is 0.0499 e. The fraction of sp³-hybridized carbons (Fsp3) is 0.667. The van der Waals surface area contributed by atoms with Crippen LogP contribution in [-0.2, 0) is 0 Å². The van der Waals surface area contributed by atoms with Crippen molar-refractivity contribution in [3.8, 4) is 0 Å². The first-order valence-corrected chi connectivity index (χ1v) is 8.22. The Kier molecular flexibility index (Phi) is 5.80. The van der Waals surface area contributed by atoms with E-state index in [9.17, 15) is 5.11 Å². The molecule has 0 saturated carbocycles. The van der Waals surface area contributed by atoms with E-state index in [1.54, 1.807) is 0 Å². The van der Waals surface area contributed by atoms with E-state index >= 15 is 0 Å². The minimum Gasteiger partial charge on any atom is -0.396 e. The summed E-state index contributed by atoms with van der Waals surface area (Å²) in [6, 6.07) is 11.2. The van der Waals surface area contributed by atoms with E-state index in [-0.39, 0.29) is 12.0 Å². The zero-order valence-electron chi connectivity index (χ0n) is 13.8. The molecular weight excluding hydrogens is 260 g/mol. The minimum absolute atomic E-state index is 0.0446. The summed E-state index contributed by atoms with van der Waals surface area (Å²) < 4.78 is 0. The van der Waals surface area contributed by atoms with Gasteiger partial charge in [0.15, 0.2) is 0 Å². The Morgan fingerprint density at radius 1 is 1.14 bits per heavy atom. The van der Waals surface area contributed by atoms with E-state index in [0.29, 0.717) is 6.04 Å². The molecule has 1 aromatic carbocycles. The Hall–Kier alpha value is -0.900. The van der Waals surface area contributed by atoms with Gasteiger partial charge in [-0.2, -0.15) is 0 Å². The molecule has 118 valence electrons. The molecule has 3 nitrogen and oxygen atoms in total. The van der Waals surface area contributed by atoms with Crippen molar-refractivity contribution in [1.82, 2.24) is 9.80 Å². The van der Waals surface area contributed by atoms with Crippen molar-refractivity contribution in [2.75, 3.05) is 39.8 Å². The van der Waals surface area contributed by atoms with Gasteiger partial charge in [0.2, 0.25) is 0 Å². The molecule has 0 spiro atoms. The molecule has 0 aliphatic carbocycles. The molecule has 3 heteroatoms. The maximum absolute atomic E-state index is 9.88. The van der Waals surface area contributed by atoms with Crippen LogP contribution in [0.3, 0.4) is 0 Å². The summed E-state index contributed by atoms with van der Waals surface area (Å²) in [5.74, 6) is 0. The molecule has 0 aromatic heterocycles. The van der Waals surface area contributed by atoms with Crippen LogP contribution in [0.1, 0.15) is 38.3 Å². The lowest BCUT2D eigenvalue weighted by Gasteiger charge is -2.45. The quantitative estimate of drug-likeness (QED) is 0.873. The maximum atomic E-state index is 9.88. The molecular formula is C18H30N2O. The third-order valence-corrected chi connectivity index (χ3v) is 5.25. The Bertz CT molecular complexity index is 408. The summed E-state index contributed by atoms with van der Waals surface area (Å²) in [7, 11) is 2.20. The zero-order valence-corrected chi connectivity index (χ0v) is 13.8. The molecule has 1 aliphatic heterocycles. The first-order valence-electron chi connectivity index (χ1n) is 8.22. The number of aliphatic hydroxyl groups is 1. The highest BCUT2D eigenvalue weighted by molar-refractivity contribution is 5.20. The van der Waals surface area contributed by atoms with Crippen LogP contribution in [0.5, 0.6) is 0 Å². The first-order chi connectivity index (χ1) is 10.1. The Morgan fingerprint density at radius 2 is 1.81 bits per heavy atom. The second kappa shape index (κ2) is 7.39. The molecule has 1 unspecified atom stereocenters. The summed E-state index contributed by atoms with van der Waals surface area (Å²) in [4.78, 5) is 4.99. The van der Waals surface area contributed by atoms with E-state index in [2.05, 4.69) is 61.0 Å². The fourth-order valence-electron chi connectivity index (χ4n) is 3.32. The number of benzene rings is 1. The summed E-state index contributed by atoms with van der Waals surface area (Å²) in [6.45, 7) is 8.94. The van der Waals surface area contributed by atoms with E-state index in [0.717, 1.165) is 39.0 Å². The number of nitrogens with zero attached hydrogens (tertiary/aromatic N) is 2. The standard InChI is InChI=1S/C18H30N2O/c1-4-18(5-2,15-21)14-20-12-11-19(3)13-17(20)16-9-7-6-8-10-16/h6-10,17,21H,4-5,11-15H2,1-3H3. The van der Waals surface area contributed by atoms with Gasteiger partial charge in [-0.05, 0) is 25.5 Å². The van der Waals surface area contributed by atoms with Crippen LogP contribution >= 0.6 is 0 Å². The van der Waals surface area contributed by atoms with Crippen molar-refractivity contribution in [3.05, 3.63) is 35.9 Å². The van der Waals surface area contributed by atoms with Crippen molar-refractivity contribution in [3.63, 3.8) is 0 Å². The molecule has 1 heterocycles. The Balaban J connectivity index is 2.19. The van der Waals surface area contributed by atoms with Crippen LogP contribution in [0.4, 0.5) is 0 Å². The molecule has 1 saturated heterocycles. The van der Waals surface area contributed by atoms with Gasteiger partial charge in [0.1, 0.15) is 0 Å². The topological polar surface area (TPSA) is 26.7 Å². The van der Waals surface area contributed by atoms with Crippen molar-refractivity contribution < 1.29 is 5.11 Å². The molecule has 21 heavy (non-hydrogen) atoms. The third-order valence-electron chi connectivity index (χ3n) is 5.25. The number of likely N-dealkylation sites (N-methyl/N-ethyl adjacent to an activating group) is 1. The summed E-state index contributed by atoms with van der Waals surface area (Å²) in [5, 5.41) is 9.88. The predicted octanol–water partition coefficient (Wildman–Crippen LogP) is 2.77. The lowest BCUT2D eigenvalue weighted by Crippen LogP contribution is -2.51. The van der Waals surface area contributed by atoms with Gasteiger partial charge in [0.25, 0.3) is 0 Å². The molecule has 0 radical (unpaired) electrons. The van der Waals surface area contributed by atoms with Crippen LogP contribution in [0, 0.1) is 5.41 Å². The highest BCUT2D eigenvalue weighted by atomic mass is 16.3. The fourth-order valence-corrected chi connectivity index (χ4v) is 3.32. The molecule has 1 aromatic rings. The van der Waals surface area contributed by atoms with E-state index in [1.165, 1.54) is 5.56 Å². The Morgan fingerprint density at radius 3 is 2.38 bits per heavy atom. The lowest BCUT2D eigenvalue weighted by atomic mass is 9.82. The van der Waals surface area contributed by atoms with Gasteiger partial charge < -0.3 is 10.0 Å². The van der Waals surface area contributed by atoms with Crippen molar-refractivity contribution >= 4 is 0 Å². The van der Waals surface area contributed by atoms with Crippen LogP contribution in [0.2, 0.25) is 0 Å². The summed E-state index contributed by atoms with van der Waals surface area (Å²) >= 11 is 0. The van der Waals surface area contributed by atoms with Crippen LogP contribution in [-0.4, -0.2) is 54.7 Å². The van der Waals surface area contributed by atoms with Gasteiger partial charge in [-0.1, -0.05) is 44.2 Å². The first kappa shape index (κ1) is 16.5. The molecule has 0 bridgehead atoms. The molecule has 1 N–H and O–H groups in total. The van der Waals surface area contributed by atoms with Gasteiger partial charge in [-0.15, -0.1) is 0 Å². The summed E-state index contributed by atoms with van der Waals surface area (Å²) in [6.07, 6.45) is 2.07. The van der Waals surface area contributed by atoms with Gasteiger partial charge in [0, 0.05) is 44.2 Å². The molecule has 2 rings (SSSR count). The predicted molar refractivity (Wildman–Crippen MR) is 88.4 cm³/mol. The normalized spacial score (nSPS) is 21.6.